The molecule has 2 aromatic rings. The number of thiazole rings is 2. The van der Waals surface area contributed by atoms with Gasteiger partial charge in [-0.05, 0) is 0 Å². The Labute approximate surface area is 71.7 Å². The third-order valence-corrected chi connectivity index (χ3v) is 2.47. The third-order valence-electron chi connectivity index (χ3n) is 1.08. The van der Waals surface area contributed by atoms with E-state index in [2.05, 4.69) is 9.97 Å². The number of hydrogen-bond acceptors (Lipinski definition) is 4. The zero-order valence-electron chi connectivity index (χ0n) is 5.52. The molecule has 0 atom stereocenters. The molecule has 0 aliphatic heterocycles. The van der Waals surface area contributed by atoms with Gasteiger partial charge in [-0.15, -0.1) is 22.7 Å². The van der Waals surface area contributed by atoms with Crippen molar-refractivity contribution >= 4 is 22.7 Å². The molecule has 0 saturated heterocycles. The van der Waals surface area contributed by atoms with E-state index in [0.29, 0.717) is 0 Å². The fraction of sp³-hybridized carbons (Fsp3) is 0. The largest absolute Gasteiger partial charge is 0.412 e. The summed E-state index contributed by atoms with van der Waals surface area (Å²) in [6, 6.07) is 0. The van der Waals surface area contributed by atoms with Crippen LogP contribution < -0.4 is 0 Å². The molecule has 0 spiro atoms. The summed E-state index contributed by atoms with van der Waals surface area (Å²) in [5.74, 6) is 0. The van der Waals surface area contributed by atoms with Crippen LogP contribution in [0.4, 0.5) is 0 Å². The number of aromatic nitrogens is 2. The lowest BCUT2D eigenvalue weighted by Crippen LogP contribution is -1.70. The van der Waals surface area contributed by atoms with Crippen LogP contribution in [0.1, 0.15) is 0 Å². The Balaban J connectivity index is 0.000000605. The molecular formula is C6H6N2OS2. The number of rotatable bonds is 1. The molecule has 11 heavy (non-hydrogen) atoms. The third kappa shape index (κ3) is 1.62. The van der Waals surface area contributed by atoms with E-state index in [-0.39, 0.29) is 5.48 Å². The summed E-state index contributed by atoms with van der Waals surface area (Å²) < 4.78 is 0. The Morgan fingerprint density at radius 2 is 2.18 bits per heavy atom. The van der Waals surface area contributed by atoms with E-state index in [1.807, 2.05) is 16.3 Å². The van der Waals surface area contributed by atoms with Gasteiger partial charge >= 0.3 is 0 Å². The first kappa shape index (κ1) is 8.32. The minimum atomic E-state index is 0. The van der Waals surface area contributed by atoms with E-state index in [1.165, 1.54) is 0 Å². The van der Waals surface area contributed by atoms with Crippen molar-refractivity contribution < 1.29 is 5.48 Å². The Bertz CT molecular complexity index is 258. The fourth-order valence-corrected chi connectivity index (χ4v) is 1.88. The normalized spacial score (nSPS) is 9.09. The van der Waals surface area contributed by atoms with Crippen molar-refractivity contribution in [2.24, 2.45) is 0 Å². The molecule has 2 aromatic heterocycles. The quantitative estimate of drug-likeness (QED) is 0.676. The van der Waals surface area contributed by atoms with Crippen molar-refractivity contribution in [2.45, 2.75) is 0 Å². The van der Waals surface area contributed by atoms with Crippen molar-refractivity contribution in [2.75, 3.05) is 0 Å². The lowest BCUT2D eigenvalue weighted by molar-refractivity contribution is 0.824. The van der Waals surface area contributed by atoms with Gasteiger partial charge < -0.3 is 5.48 Å². The molecule has 2 N–H and O–H groups in total. The van der Waals surface area contributed by atoms with Gasteiger partial charge in [-0.2, -0.15) is 0 Å². The average Bonchev–Trinajstić information content (AvgIpc) is 2.59. The maximum Gasteiger partial charge on any atom is 0.142 e. The van der Waals surface area contributed by atoms with Crippen molar-refractivity contribution in [1.82, 2.24) is 9.97 Å². The van der Waals surface area contributed by atoms with E-state index < -0.39 is 0 Å². The number of hydrogen-bond donors (Lipinski definition) is 0. The molecule has 5 heteroatoms. The van der Waals surface area contributed by atoms with Gasteiger partial charge in [0.2, 0.25) is 0 Å². The SMILES string of the molecule is O.c1csc(-c2cscn2)n1. The molecule has 3 nitrogen and oxygen atoms in total. The van der Waals surface area contributed by atoms with Gasteiger partial charge in [0.25, 0.3) is 0 Å². The highest BCUT2D eigenvalue weighted by Gasteiger charge is 1.99. The molecule has 0 bridgehead atoms. The highest BCUT2D eigenvalue weighted by Crippen LogP contribution is 2.20. The van der Waals surface area contributed by atoms with Crippen LogP contribution in [0.2, 0.25) is 0 Å². The summed E-state index contributed by atoms with van der Waals surface area (Å²) in [5.41, 5.74) is 2.80. The first-order chi connectivity index (χ1) is 4.97. The first-order valence-corrected chi connectivity index (χ1v) is 4.57. The summed E-state index contributed by atoms with van der Waals surface area (Å²) in [6.45, 7) is 0. The lowest BCUT2D eigenvalue weighted by atomic mass is 10.5. The van der Waals surface area contributed by atoms with E-state index in [9.17, 15) is 0 Å². The van der Waals surface area contributed by atoms with Gasteiger partial charge in [-0.3, -0.25) is 0 Å². The monoisotopic (exact) mass is 186 g/mol. The van der Waals surface area contributed by atoms with Crippen LogP contribution >= 0.6 is 22.7 Å². The Morgan fingerprint density at radius 1 is 1.27 bits per heavy atom. The zero-order chi connectivity index (χ0) is 6.81. The van der Waals surface area contributed by atoms with Gasteiger partial charge in [-0.1, -0.05) is 0 Å². The topological polar surface area (TPSA) is 57.3 Å². The van der Waals surface area contributed by atoms with E-state index in [1.54, 1.807) is 28.9 Å². The molecule has 0 aliphatic rings. The summed E-state index contributed by atoms with van der Waals surface area (Å²) in [5, 5.41) is 4.95. The predicted octanol–water partition coefficient (Wildman–Crippen LogP) is 1.44. The van der Waals surface area contributed by atoms with Gasteiger partial charge in [-0.25, -0.2) is 9.97 Å². The average molecular weight is 186 g/mol. The molecule has 0 radical (unpaired) electrons. The smallest absolute Gasteiger partial charge is 0.142 e. The molecule has 0 unspecified atom stereocenters. The van der Waals surface area contributed by atoms with Crippen LogP contribution in [0.25, 0.3) is 10.7 Å². The van der Waals surface area contributed by atoms with Crippen molar-refractivity contribution in [3.8, 4) is 10.7 Å². The van der Waals surface area contributed by atoms with Crippen LogP contribution in [0.3, 0.4) is 0 Å². The Morgan fingerprint density at radius 3 is 2.73 bits per heavy atom. The summed E-state index contributed by atoms with van der Waals surface area (Å²) in [6.07, 6.45) is 1.79. The zero-order valence-corrected chi connectivity index (χ0v) is 7.15. The van der Waals surface area contributed by atoms with E-state index >= 15 is 0 Å². The predicted molar refractivity (Wildman–Crippen MR) is 46.8 cm³/mol. The lowest BCUT2D eigenvalue weighted by Gasteiger charge is -1.82. The highest BCUT2D eigenvalue weighted by atomic mass is 32.1. The maximum absolute atomic E-state index is 4.13. The standard InChI is InChI=1S/C6H4N2S2.H2O/c1-2-10-6(7-1)5-3-9-4-8-5;/h1-4H;1H2. The molecule has 0 amide bonds. The molecule has 0 aromatic carbocycles. The van der Waals surface area contributed by atoms with E-state index in [4.69, 9.17) is 0 Å². The van der Waals surface area contributed by atoms with Gasteiger partial charge in [0.1, 0.15) is 10.7 Å². The molecule has 58 valence electrons. The minimum Gasteiger partial charge on any atom is -0.412 e. The van der Waals surface area contributed by atoms with Crippen molar-refractivity contribution in [3.05, 3.63) is 22.5 Å². The molecular weight excluding hydrogens is 180 g/mol. The summed E-state index contributed by atoms with van der Waals surface area (Å²) in [4.78, 5) is 8.25. The summed E-state index contributed by atoms with van der Waals surface area (Å²) >= 11 is 3.21. The van der Waals surface area contributed by atoms with Crippen LogP contribution in [0.15, 0.2) is 22.5 Å². The molecule has 2 heterocycles. The van der Waals surface area contributed by atoms with Crippen LogP contribution in [0, 0.1) is 0 Å². The van der Waals surface area contributed by atoms with Crippen LogP contribution in [0.5, 0.6) is 0 Å². The molecule has 2 rings (SSSR count). The second-order valence-corrected chi connectivity index (χ2v) is 3.32. The van der Waals surface area contributed by atoms with Crippen LogP contribution in [-0.2, 0) is 0 Å². The maximum atomic E-state index is 4.13. The second kappa shape index (κ2) is 3.56. The molecule has 0 fully saturated rings. The Kier molecular flexibility index (Phi) is 2.70. The minimum absolute atomic E-state index is 0. The molecule has 0 aliphatic carbocycles. The van der Waals surface area contributed by atoms with Crippen molar-refractivity contribution in [1.29, 1.82) is 0 Å². The first-order valence-electron chi connectivity index (χ1n) is 2.75. The van der Waals surface area contributed by atoms with Crippen molar-refractivity contribution in [3.63, 3.8) is 0 Å². The van der Waals surface area contributed by atoms with Gasteiger partial charge in [0.05, 0.1) is 5.51 Å². The molecule has 0 saturated carbocycles. The fourth-order valence-electron chi connectivity index (χ4n) is 0.668. The van der Waals surface area contributed by atoms with Gasteiger partial charge in [0.15, 0.2) is 0 Å². The summed E-state index contributed by atoms with van der Waals surface area (Å²) in [7, 11) is 0. The Hall–Kier alpha value is -0.780. The second-order valence-electron chi connectivity index (χ2n) is 1.71. The van der Waals surface area contributed by atoms with Crippen LogP contribution in [-0.4, -0.2) is 15.4 Å². The highest BCUT2D eigenvalue weighted by molar-refractivity contribution is 7.13. The van der Waals surface area contributed by atoms with Gasteiger partial charge in [0, 0.05) is 17.0 Å². The number of nitrogens with zero attached hydrogens (tertiary/aromatic N) is 2. The van der Waals surface area contributed by atoms with E-state index in [0.717, 1.165) is 10.7 Å².